The van der Waals surface area contributed by atoms with Crippen molar-refractivity contribution in [2.24, 2.45) is 4.99 Å². The van der Waals surface area contributed by atoms with Crippen molar-refractivity contribution in [3.63, 3.8) is 0 Å². The molecular formula is C19H26N4O. The maximum Gasteiger partial charge on any atom is 0.250 e. The summed E-state index contributed by atoms with van der Waals surface area (Å²) in [6, 6.07) is 13.6. The standard InChI is InChI=1S/C19H26N4O/c1-16-9-3-4-10-17(16)15-22-19(20-2)21-12-6-8-14-23-13-7-5-11-18(23)24/h3-5,7,9-11,13H,6,8,12,14-15H2,1-2H3,(H2,20,21,22). The predicted octanol–water partition coefficient (Wildman–Crippen LogP) is 2.30. The zero-order valence-corrected chi connectivity index (χ0v) is 14.5. The lowest BCUT2D eigenvalue weighted by atomic mass is 10.1. The number of hydrogen-bond donors (Lipinski definition) is 2. The van der Waals surface area contributed by atoms with Crippen LogP contribution in [0.2, 0.25) is 0 Å². The number of nitrogens with zero attached hydrogens (tertiary/aromatic N) is 2. The van der Waals surface area contributed by atoms with E-state index >= 15 is 0 Å². The molecule has 1 heterocycles. The van der Waals surface area contributed by atoms with Crippen LogP contribution >= 0.6 is 0 Å². The maximum absolute atomic E-state index is 11.6. The van der Waals surface area contributed by atoms with E-state index in [1.807, 2.05) is 24.4 Å². The number of aromatic nitrogens is 1. The van der Waals surface area contributed by atoms with Crippen LogP contribution in [-0.4, -0.2) is 24.1 Å². The van der Waals surface area contributed by atoms with Crippen LogP contribution in [0.3, 0.4) is 0 Å². The molecule has 0 fully saturated rings. The fraction of sp³-hybridized carbons (Fsp3) is 0.368. The van der Waals surface area contributed by atoms with E-state index in [1.54, 1.807) is 23.7 Å². The Morgan fingerprint density at radius 3 is 2.62 bits per heavy atom. The Kier molecular flexibility index (Phi) is 7.08. The summed E-state index contributed by atoms with van der Waals surface area (Å²) in [5.74, 6) is 0.801. The molecule has 0 spiro atoms. The molecule has 24 heavy (non-hydrogen) atoms. The summed E-state index contributed by atoms with van der Waals surface area (Å²) in [4.78, 5) is 15.8. The number of hydrogen-bond acceptors (Lipinski definition) is 2. The average Bonchev–Trinajstić information content (AvgIpc) is 2.60. The van der Waals surface area contributed by atoms with Gasteiger partial charge in [0, 0.05) is 38.9 Å². The highest BCUT2D eigenvalue weighted by Gasteiger charge is 2.00. The fourth-order valence-electron chi connectivity index (χ4n) is 2.47. The van der Waals surface area contributed by atoms with Crippen LogP contribution in [0.5, 0.6) is 0 Å². The Morgan fingerprint density at radius 1 is 1.08 bits per heavy atom. The first-order chi connectivity index (χ1) is 11.7. The van der Waals surface area contributed by atoms with Gasteiger partial charge in [-0.25, -0.2) is 0 Å². The zero-order chi connectivity index (χ0) is 17.2. The van der Waals surface area contributed by atoms with Gasteiger partial charge in [-0.3, -0.25) is 9.79 Å². The molecule has 0 aliphatic carbocycles. The average molecular weight is 326 g/mol. The van der Waals surface area contributed by atoms with E-state index in [0.717, 1.165) is 38.4 Å². The van der Waals surface area contributed by atoms with Crippen LogP contribution in [0, 0.1) is 6.92 Å². The Balaban J connectivity index is 1.68. The van der Waals surface area contributed by atoms with Gasteiger partial charge in [-0.05, 0) is 37.0 Å². The van der Waals surface area contributed by atoms with E-state index in [0.29, 0.717) is 0 Å². The van der Waals surface area contributed by atoms with Crippen LogP contribution < -0.4 is 16.2 Å². The molecule has 0 atom stereocenters. The van der Waals surface area contributed by atoms with Gasteiger partial charge in [0.25, 0.3) is 0 Å². The summed E-state index contributed by atoms with van der Waals surface area (Å²) in [7, 11) is 1.77. The summed E-state index contributed by atoms with van der Waals surface area (Å²) in [5, 5.41) is 6.64. The Morgan fingerprint density at radius 2 is 1.88 bits per heavy atom. The first kappa shape index (κ1) is 17.8. The molecule has 0 aliphatic rings. The molecule has 5 heteroatoms. The molecule has 0 unspecified atom stereocenters. The molecule has 2 aromatic rings. The van der Waals surface area contributed by atoms with E-state index in [2.05, 4.69) is 34.7 Å². The highest BCUT2D eigenvalue weighted by atomic mass is 16.1. The lowest BCUT2D eigenvalue weighted by Gasteiger charge is -2.13. The number of unbranched alkanes of at least 4 members (excludes halogenated alkanes) is 1. The molecule has 5 nitrogen and oxygen atoms in total. The van der Waals surface area contributed by atoms with Crippen molar-refractivity contribution in [3.8, 4) is 0 Å². The first-order valence-corrected chi connectivity index (χ1v) is 8.35. The maximum atomic E-state index is 11.6. The Labute approximate surface area is 143 Å². The van der Waals surface area contributed by atoms with Crippen molar-refractivity contribution in [1.82, 2.24) is 15.2 Å². The van der Waals surface area contributed by atoms with E-state index in [9.17, 15) is 4.79 Å². The fourth-order valence-corrected chi connectivity index (χ4v) is 2.47. The van der Waals surface area contributed by atoms with Crippen LogP contribution in [0.15, 0.2) is 58.4 Å². The minimum Gasteiger partial charge on any atom is -0.356 e. The van der Waals surface area contributed by atoms with Crippen LogP contribution in [0.25, 0.3) is 0 Å². The molecule has 1 aromatic heterocycles. The molecule has 128 valence electrons. The van der Waals surface area contributed by atoms with E-state index in [1.165, 1.54) is 11.1 Å². The molecule has 0 aliphatic heterocycles. The summed E-state index contributed by atoms with van der Waals surface area (Å²) in [6.45, 7) is 4.44. The highest BCUT2D eigenvalue weighted by Crippen LogP contribution is 2.05. The third kappa shape index (κ3) is 5.57. The number of aliphatic imine (C=N–C) groups is 1. The number of pyridine rings is 1. The van der Waals surface area contributed by atoms with Crippen molar-refractivity contribution >= 4 is 5.96 Å². The second-order valence-electron chi connectivity index (χ2n) is 5.72. The molecule has 1 aromatic carbocycles. The van der Waals surface area contributed by atoms with E-state index in [4.69, 9.17) is 0 Å². The first-order valence-electron chi connectivity index (χ1n) is 8.35. The van der Waals surface area contributed by atoms with Crippen LogP contribution in [0.1, 0.15) is 24.0 Å². The minimum absolute atomic E-state index is 0.0566. The summed E-state index contributed by atoms with van der Waals surface area (Å²) >= 11 is 0. The van der Waals surface area contributed by atoms with Gasteiger partial charge in [0.1, 0.15) is 0 Å². The second kappa shape index (κ2) is 9.55. The van der Waals surface area contributed by atoms with Crippen molar-refractivity contribution in [1.29, 1.82) is 0 Å². The molecule has 2 N–H and O–H groups in total. The van der Waals surface area contributed by atoms with Gasteiger partial charge in [-0.2, -0.15) is 0 Å². The van der Waals surface area contributed by atoms with Gasteiger partial charge in [0.15, 0.2) is 5.96 Å². The zero-order valence-electron chi connectivity index (χ0n) is 14.5. The smallest absolute Gasteiger partial charge is 0.250 e. The predicted molar refractivity (Wildman–Crippen MR) is 99.3 cm³/mol. The summed E-state index contributed by atoms with van der Waals surface area (Å²) in [5.41, 5.74) is 2.60. The van der Waals surface area contributed by atoms with Gasteiger partial charge in [0.2, 0.25) is 5.56 Å². The molecule has 0 radical (unpaired) electrons. The van der Waals surface area contributed by atoms with Crippen molar-refractivity contribution < 1.29 is 0 Å². The van der Waals surface area contributed by atoms with Gasteiger partial charge >= 0.3 is 0 Å². The number of benzene rings is 1. The topological polar surface area (TPSA) is 58.4 Å². The monoisotopic (exact) mass is 326 g/mol. The summed E-state index contributed by atoms with van der Waals surface area (Å²) < 4.78 is 1.74. The molecule has 0 amide bonds. The van der Waals surface area contributed by atoms with E-state index in [-0.39, 0.29) is 5.56 Å². The van der Waals surface area contributed by atoms with Gasteiger partial charge < -0.3 is 15.2 Å². The highest BCUT2D eigenvalue weighted by molar-refractivity contribution is 5.79. The number of aryl methyl sites for hydroxylation is 2. The Bertz CT molecular complexity index is 721. The largest absolute Gasteiger partial charge is 0.356 e. The molecule has 2 rings (SSSR count). The van der Waals surface area contributed by atoms with Crippen molar-refractivity contribution in [2.45, 2.75) is 32.9 Å². The Hall–Kier alpha value is -2.56. The molecule has 0 saturated carbocycles. The second-order valence-corrected chi connectivity index (χ2v) is 5.72. The minimum atomic E-state index is 0.0566. The van der Waals surface area contributed by atoms with Crippen LogP contribution in [-0.2, 0) is 13.1 Å². The summed E-state index contributed by atoms with van der Waals surface area (Å²) in [6.07, 6.45) is 3.76. The van der Waals surface area contributed by atoms with Gasteiger partial charge in [-0.1, -0.05) is 30.3 Å². The van der Waals surface area contributed by atoms with Gasteiger partial charge in [0.05, 0.1) is 0 Å². The number of nitrogens with one attached hydrogen (secondary N) is 2. The van der Waals surface area contributed by atoms with E-state index < -0.39 is 0 Å². The van der Waals surface area contributed by atoms with Crippen molar-refractivity contribution in [2.75, 3.05) is 13.6 Å². The number of rotatable bonds is 7. The SMILES string of the molecule is CN=C(NCCCCn1ccccc1=O)NCc1ccccc1C. The van der Waals surface area contributed by atoms with Crippen LogP contribution in [0.4, 0.5) is 0 Å². The van der Waals surface area contributed by atoms with Crippen molar-refractivity contribution in [3.05, 3.63) is 70.1 Å². The number of guanidine groups is 1. The third-order valence-corrected chi connectivity index (χ3v) is 3.95. The molecule has 0 bridgehead atoms. The molecular weight excluding hydrogens is 300 g/mol. The quantitative estimate of drug-likeness (QED) is 0.466. The third-order valence-electron chi connectivity index (χ3n) is 3.95. The normalized spacial score (nSPS) is 11.3. The lowest BCUT2D eigenvalue weighted by Crippen LogP contribution is -2.37. The lowest BCUT2D eigenvalue weighted by molar-refractivity contribution is 0.585. The van der Waals surface area contributed by atoms with Gasteiger partial charge in [-0.15, -0.1) is 0 Å². The molecule has 0 saturated heterocycles.